The molecule has 0 N–H and O–H groups in total. The first-order valence-corrected chi connectivity index (χ1v) is 15.9. The predicted molar refractivity (Wildman–Crippen MR) is 196 cm³/mol. The predicted octanol–water partition coefficient (Wildman–Crippen LogP) is 10.9. The Hall–Kier alpha value is -6.52. The van der Waals surface area contributed by atoms with Gasteiger partial charge in [-0.1, -0.05) is 84.9 Å². The van der Waals surface area contributed by atoms with E-state index in [0.717, 1.165) is 77.9 Å². The standard InChI is InChI=1S/C44H30N4/c1-7-31(19-35(11-1)39-15-5-17-45-26-39)33-9-3-13-37(21-33)41-23-42(25-43(24-41)44-28-47-30-48-29-44)38-14-4-10-34(22-38)32-8-2-12-36(20-32)40-16-6-18-46-27-40/h1-30H. The van der Waals surface area contributed by atoms with Crippen molar-refractivity contribution in [3.8, 4) is 77.9 Å². The summed E-state index contributed by atoms with van der Waals surface area (Å²) < 4.78 is 0. The van der Waals surface area contributed by atoms with Crippen LogP contribution in [0.2, 0.25) is 0 Å². The van der Waals surface area contributed by atoms with E-state index in [9.17, 15) is 0 Å². The second kappa shape index (κ2) is 13.1. The SMILES string of the molecule is c1cncc(-c2cccc(-c3cccc(-c4cc(-c5cncnc5)cc(-c5cccc(-c6cccc(-c7cccnc7)c6)c5)c4)c3)c2)c1. The molecule has 0 aliphatic heterocycles. The molecule has 0 saturated carbocycles. The van der Waals surface area contributed by atoms with Crippen LogP contribution in [-0.4, -0.2) is 19.9 Å². The lowest BCUT2D eigenvalue weighted by molar-refractivity contribution is 1.17. The molecule has 8 aromatic rings. The fourth-order valence-corrected chi connectivity index (χ4v) is 6.16. The molecule has 0 amide bonds. The van der Waals surface area contributed by atoms with E-state index < -0.39 is 0 Å². The maximum atomic E-state index is 4.32. The van der Waals surface area contributed by atoms with Crippen molar-refractivity contribution in [1.82, 2.24) is 19.9 Å². The summed E-state index contributed by atoms with van der Waals surface area (Å²) in [5.41, 5.74) is 15.7. The molecular formula is C44H30N4. The van der Waals surface area contributed by atoms with Crippen LogP contribution in [0.25, 0.3) is 77.9 Å². The highest BCUT2D eigenvalue weighted by Crippen LogP contribution is 2.36. The normalized spacial score (nSPS) is 10.9. The molecule has 0 radical (unpaired) electrons. The Bertz CT molecular complexity index is 2190. The van der Waals surface area contributed by atoms with Crippen LogP contribution in [0.3, 0.4) is 0 Å². The largest absolute Gasteiger partial charge is 0.264 e. The van der Waals surface area contributed by atoms with Gasteiger partial charge in [-0.05, 0) is 116 Å². The van der Waals surface area contributed by atoms with Gasteiger partial charge < -0.3 is 0 Å². The third-order valence-electron chi connectivity index (χ3n) is 8.60. The van der Waals surface area contributed by atoms with Crippen molar-refractivity contribution in [2.75, 3.05) is 0 Å². The molecule has 3 aromatic heterocycles. The molecule has 5 aromatic carbocycles. The Labute approximate surface area is 280 Å². The fourth-order valence-electron chi connectivity index (χ4n) is 6.16. The monoisotopic (exact) mass is 614 g/mol. The van der Waals surface area contributed by atoms with E-state index in [1.165, 1.54) is 0 Å². The number of hydrogen-bond acceptors (Lipinski definition) is 4. The van der Waals surface area contributed by atoms with Crippen LogP contribution in [0.5, 0.6) is 0 Å². The summed E-state index contributed by atoms with van der Waals surface area (Å²) in [5.74, 6) is 0. The number of rotatable bonds is 7. The summed E-state index contributed by atoms with van der Waals surface area (Å²) in [6, 6.07) is 49.7. The first-order chi connectivity index (χ1) is 23.8. The lowest BCUT2D eigenvalue weighted by Gasteiger charge is -2.13. The molecule has 8 rings (SSSR count). The Balaban J connectivity index is 1.20. The molecule has 48 heavy (non-hydrogen) atoms. The first-order valence-electron chi connectivity index (χ1n) is 15.9. The van der Waals surface area contributed by atoms with Crippen molar-refractivity contribution in [3.63, 3.8) is 0 Å². The molecule has 0 aliphatic rings. The van der Waals surface area contributed by atoms with Gasteiger partial charge in [0.05, 0.1) is 0 Å². The maximum Gasteiger partial charge on any atom is 0.115 e. The Morgan fingerprint density at radius 3 is 0.854 bits per heavy atom. The molecule has 0 spiro atoms. The van der Waals surface area contributed by atoms with Crippen LogP contribution >= 0.6 is 0 Å². The maximum absolute atomic E-state index is 4.32. The molecule has 0 atom stereocenters. The number of hydrogen-bond donors (Lipinski definition) is 0. The number of benzene rings is 5. The summed E-state index contributed by atoms with van der Waals surface area (Å²) >= 11 is 0. The van der Waals surface area contributed by atoms with Crippen LogP contribution in [0.1, 0.15) is 0 Å². The van der Waals surface area contributed by atoms with Crippen molar-refractivity contribution in [2.24, 2.45) is 0 Å². The fraction of sp³-hybridized carbons (Fsp3) is 0. The smallest absolute Gasteiger partial charge is 0.115 e. The summed E-state index contributed by atoms with van der Waals surface area (Å²) in [7, 11) is 0. The first kappa shape index (κ1) is 28.9. The number of pyridine rings is 2. The minimum Gasteiger partial charge on any atom is -0.264 e. The molecule has 0 unspecified atom stereocenters. The summed E-state index contributed by atoms with van der Waals surface area (Å²) in [6.45, 7) is 0. The van der Waals surface area contributed by atoms with Gasteiger partial charge in [0.1, 0.15) is 6.33 Å². The van der Waals surface area contributed by atoms with E-state index in [2.05, 4.69) is 147 Å². The lowest BCUT2D eigenvalue weighted by atomic mass is 9.91. The average molecular weight is 615 g/mol. The van der Waals surface area contributed by atoms with Crippen LogP contribution < -0.4 is 0 Å². The molecule has 0 fully saturated rings. The minimum absolute atomic E-state index is 0.973. The molecule has 3 heterocycles. The molecule has 0 bridgehead atoms. The zero-order valence-corrected chi connectivity index (χ0v) is 26.1. The van der Waals surface area contributed by atoms with Gasteiger partial charge in [-0.3, -0.25) is 9.97 Å². The zero-order valence-electron chi connectivity index (χ0n) is 26.1. The molecule has 226 valence electrons. The lowest BCUT2D eigenvalue weighted by Crippen LogP contribution is -1.89. The van der Waals surface area contributed by atoms with Crippen LogP contribution in [0.15, 0.2) is 183 Å². The Morgan fingerprint density at radius 2 is 0.500 bits per heavy atom. The number of aromatic nitrogens is 4. The van der Waals surface area contributed by atoms with Gasteiger partial charge in [-0.15, -0.1) is 0 Å². The average Bonchev–Trinajstić information content (AvgIpc) is 3.19. The number of nitrogens with zero attached hydrogens (tertiary/aromatic N) is 4. The van der Waals surface area contributed by atoms with E-state index in [-0.39, 0.29) is 0 Å². The second-order valence-electron chi connectivity index (χ2n) is 11.7. The van der Waals surface area contributed by atoms with Crippen LogP contribution in [-0.2, 0) is 0 Å². The van der Waals surface area contributed by atoms with Gasteiger partial charge in [0.25, 0.3) is 0 Å². The van der Waals surface area contributed by atoms with Gasteiger partial charge in [0.2, 0.25) is 0 Å². The van der Waals surface area contributed by atoms with Crippen LogP contribution in [0, 0.1) is 0 Å². The minimum atomic E-state index is 0.973. The summed E-state index contributed by atoms with van der Waals surface area (Å²) in [4.78, 5) is 17.3. The van der Waals surface area contributed by atoms with Crippen molar-refractivity contribution >= 4 is 0 Å². The van der Waals surface area contributed by atoms with Crippen molar-refractivity contribution < 1.29 is 0 Å². The van der Waals surface area contributed by atoms with Crippen molar-refractivity contribution in [1.29, 1.82) is 0 Å². The second-order valence-corrected chi connectivity index (χ2v) is 11.7. The van der Waals surface area contributed by atoms with E-state index >= 15 is 0 Å². The Kier molecular flexibility index (Phi) is 7.87. The highest BCUT2D eigenvalue weighted by molar-refractivity contribution is 5.85. The molecule has 0 saturated heterocycles. The quantitative estimate of drug-likeness (QED) is 0.179. The summed E-state index contributed by atoms with van der Waals surface area (Å²) in [5, 5.41) is 0. The van der Waals surface area contributed by atoms with Gasteiger partial charge >= 0.3 is 0 Å². The van der Waals surface area contributed by atoms with E-state index in [4.69, 9.17) is 0 Å². The molecule has 4 heteroatoms. The van der Waals surface area contributed by atoms with E-state index in [1.54, 1.807) is 18.7 Å². The third kappa shape index (κ3) is 6.15. The molecule has 0 aliphatic carbocycles. The van der Waals surface area contributed by atoms with Gasteiger partial charge in [-0.2, -0.15) is 0 Å². The van der Waals surface area contributed by atoms with Crippen molar-refractivity contribution in [2.45, 2.75) is 0 Å². The highest BCUT2D eigenvalue weighted by Gasteiger charge is 2.11. The third-order valence-corrected chi connectivity index (χ3v) is 8.60. The zero-order chi connectivity index (χ0) is 32.1. The Morgan fingerprint density at radius 1 is 0.229 bits per heavy atom. The summed E-state index contributed by atoms with van der Waals surface area (Å²) in [6.07, 6.45) is 12.7. The van der Waals surface area contributed by atoms with E-state index in [1.807, 2.05) is 36.9 Å². The molecular weight excluding hydrogens is 585 g/mol. The molecule has 4 nitrogen and oxygen atoms in total. The highest BCUT2D eigenvalue weighted by atomic mass is 14.8. The van der Waals surface area contributed by atoms with Crippen LogP contribution in [0.4, 0.5) is 0 Å². The van der Waals surface area contributed by atoms with Gasteiger partial charge in [-0.25, -0.2) is 9.97 Å². The van der Waals surface area contributed by atoms with Gasteiger partial charge in [0, 0.05) is 53.9 Å². The van der Waals surface area contributed by atoms with E-state index in [0.29, 0.717) is 0 Å². The van der Waals surface area contributed by atoms with Crippen molar-refractivity contribution in [3.05, 3.63) is 183 Å². The topological polar surface area (TPSA) is 51.6 Å². The van der Waals surface area contributed by atoms with Gasteiger partial charge in [0.15, 0.2) is 0 Å².